The Kier molecular flexibility index (Phi) is 2.86. The lowest BCUT2D eigenvalue weighted by Gasteiger charge is -2.02. The first-order valence-electron chi connectivity index (χ1n) is 4.37. The van der Waals surface area contributed by atoms with E-state index in [1.54, 1.807) is 17.5 Å². The monoisotopic (exact) mass is 224 g/mol. The van der Waals surface area contributed by atoms with Gasteiger partial charge in [-0.1, -0.05) is 0 Å². The minimum absolute atomic E-state index is 0.158. The van der Waals surface area contributed by atoms with Gasteiger partial charge < -0.3 is 5.32 Å². The summed E-state index contributed by atoms with van der Waals surface area (Å²) in [5.74, 6) is -0.434. The Morgan fingerprint density at radius 2 is 2.13 bits per heavy atom. The van der Waals surface area contributed by atoms with Gasteiger partial charge in [0.15, 0.2) is 5.82 Å². The van der Waals surface area contributed by atoms with Gasteiger partial charge in [0.05, 0.1) is 6.54 Å². The number of hydrogen-bond acceptors (Lipinski definition) is 5. The van der Waals surface area contributed by atoms with Gasteiger partial charge in [0.25, 0.3) is 5.95 Å². The topological polar surface area (TPSA) is 50.7 Å². The van der Waals surface area contributed by atoms with E-state index in [1.807, 2.05) is 6.92 Å². The molecule has 0 unspecified atom stereocenters. The molecule has 0 aromatic carbocycles. The SMILES string of the molecule is Cc1cnc(CNc2nccnc2F)s1. The van der Waals surface area contributed by atoms with E-state index in [9.17, 15) is 4.39 Å². The maximum Gasteiger partial charge on any atom is 0.255 e. The van der Waals surface area contributed by atoms with Crippen LogP contribution in [0.2, 0.25) is 0 Å². The molecule has 0 aliphatic carbocycles. The van der Waals surface area contributed by atoms with Gasteiger partial charge in [0.1, 0.15) is 5.01 Å². The highest BCUT2D eigenvalue weighted by molar-refractivity contribution is 7.11. The van der Waals surface area contributed by atoms with Crippen molar-refractivity contribution in [2.45, 2.75) is 13.5 Å². The number of rotatable bonds is 3. The number of anilines is 1. The first-order valence-corrected chi connectivity index (χ1v) is 5.19. The maximum absolute atomic E-state index is 13.0. The number of aryl methyl sites for hydroxylation is 1. The summed E-state index contributed by atoms with van der Waals surface area (Å²) < 4.78 is 13.0. The second kappa shape index (κ2) is 4.31. The summed E-state index contributed by atoms with van der Waals surface area (Å²) in [6.45, 7) is 2.44. The van der Waals surface area contributed by atoms with Crippen LogP contribution in [0.5, 0.6) is 0 Å². The van der Waals surface area contributed by atoms with Gasteiger partial charge >= 0.3 is 0 Å². The number of nitrogens with zero attached hydrogens (tertiary/aromatic N) is 3. The first kappa shape index (κ1) is 9.97. The van der Waals surface area contributed by atoms with Gasteiger partial charge in [-0.05, 0) is 6.92 Å². The van der Waals surface area contributed by atoms with Crippen molar-refractivity contribution in [2.75, 3.05) is 5.32 Å². The predicted molar refractivity (Wildman–Crippen MR) is 56.2 cm³/mol. The van der Waals surface area contributed by atoms with Crippen LogP contribution < -0.4 is 5.32 Å². The summed E-state index contributed by atoms with van der Waals surface area (Å²) in [6.07, 6.45) is 4.54. The Bertz CT molecular complexity index is 457. The van der Waals surface area contributed by atoms with Crippen molar-refractivity contribution in [1.82, 2.24) is 15.0 Å². The van der Waals surface area contributed by atoms with Crippen LogP contribution in [-0.4, -0.2) is 15.0 Å². The Balaban J connectivity index is 2.02. The van der Waals surface area contributed by atoms with Crippen LogP contribution in [0.1, 0.15) is 9.88 Å². The predicted octanol–water partition coefficient (Wildman–Crippen LogP) is 1.99. The summed E-state index contributed by atoms with van der Waals surface area (Å²) in [4.78, 5) is 12.6. The number of nitrogens with one attached hydrogen (secondary N) is 1. The second-order valence-electron chi connectivity index (χ2n) is 2.91. The highest BCUT2D eigenvalue weighted by Crippen LogP contribution is 2.13. The third kappa shape index (κ3) is 2.47. The molecule has 2 heterocycles. The van der Waals surface area contributed by atoms with E-state index in [0.717, 1.165) is 9.88 Å². The van der Waals surface area contributed by atoms with Gasteiger partial charge in [0.2, 0.25) is 0 Å². The van der Waals surface area contributed by atoms with Gasteiger partial charge in [0, 0.05) is 23.5 Å². The molecule has 0 fully saturated rings. The zero-order chi connectivity index (χ0) is 10.7. The molecule has 0 saturated heterocycles. The van der Waals surface area contributed by atoms with Crippen LogP contribution in [0.4, 0.5) is 10.2 Å². The molecule has 2 rings (SSSR count). The molecule has 0 radical (unpaired) electrons. The zero-order valence-corrected chi connectivity index (χ0v) is 8.88. The molecule has 0 spiro atoms. The van der Waals surface area contributed by atoms with E-state index in [-0.39, 0.29) is 5.82 Å². The van der Waals surface area contributed by atoms with E-state index >= 15 is 0 Å². The van der Waals surface area contributed by atoms with Crippen LogP contribution >= 0.6 is 11.3 Å². The third-order valence-electron chi connectivity index (χ3n) is 1.73. The standard InChI is InChI=1S/C9H9FN4S/c1-6-4-13-7(15-6)5-14-9-8(10)11-2-3-12-9/h2-4H,5H2,1H3,(H,12,14). The Morgan fingerprint density at radius 3 is 2.80 bits per heavy atom. The summed E-state index contributed by atoms with van der Waals surface area (Å²) >= 11 is 1.57. The number of hydrogen-bond donors (Lipinski definition) is 1. The van der Waals surface area contributed by atoms with Crippen molar-refractivity contribution < 1.29 is 4.39 Å². The summed E-state index contributed by atoms with van der Waals surface area (Å²) in [6, 6.07) is 0. The minimum atomic E-state index is -0.592. The lowest BCUT2D eigenvalue weighted by atomic mass is 10.6. The smallest absolute Gasteiger partial charge is 0.255 e. The van der Waals surface area contributed by atoms with Crippen LogP contribution in [0.3, 0.4) is 0 Å². The van der Waals surface area contributed by atoms with Gasteiger partial charge in [-0.2, -0.15) is 4.39 Å². The fourth-order valence-electron chi connectivity index (χ4n) is 1.08. The van der Waals surface area contributed by atoms with E-state index in [4.69, 9.17) is 0 Å². The molecular formula is C9H9FN4S. The second-order valence-corrected chi connectivity index (χ2v) is 4.23. The minimum Gasteiger partial charge on any atom is -0.360 e. The molecule has 78 valence electrons. The van der Waals surface area contributed by atoms with Crippen LogP contribution in [0, 0.1) is 12.9 Å². The fraction of sp³-hybridized carbons (Fsp3) is 0.222. The molecule has 1 N–H and O–H groups in total. The van der Waals surface area contributed by atoms with Gasteiger partial charge in [-0.15, -0.1) is 11.3 Å². The molecule has 0 aliphatic heterocycles. The van der Waals surface area contributed by atoms with E-state index in [1.165, 1.54) is 12.4 Å². The summed E-state index contributed by atoms with van der Waals surface area (Å²) in [7, 11) is 0. The zero-order valence-electron chi connectivity index (χ0n) is 8.07. The van der Waals surface area contributed by atoms with Crippen molar-refractivity contribution in [3.8, 4) is 0 Å². The molecule has 2 aromatic rings. The first-order chi connectivity index (χ1) is 7.25. The molecule has 0 atom stereocenters. The fourth-order valence-corrected chi connectivity index (χ4v) is 1.81. The summed E-state index contributed by atoms with van der Waals surface area (Å²) in [5.41, 5.74) is 0. The molecule has 6 heteroatoms. The van der Waals surface area contributed by atoms with Crippen LogP contribution in [-0.2, 0) is 6.54 Å². The number of aromatic nitrogens is 3. The van der Waals surface area contributed by atoms with Crippen molar-refractivity contribution in [3.05, 3.63) is 34.4 Å². The van der Waals surface area contributed by atoms with Crippen molar-refractivity contribution in [3.63, 3.8) is 0 Å². The molecule has 15 heavy (non-hydrogen) atoms. The normalized spacial score (nSPS) is 10.3. The van der Waals surface area contributed by atoms with E-state index < -0.39 is 5.95 Å². The largest absolute Gasteiger partial charge is 0.360 e. The highest BCUT2D eigenvalue weighted by atomic mass is 32.1. The molecule has 2 aromatic heterocycles. The molecule has 0 bridgehead atoms. The third-order valence-corrected chi connectivity index (χ3v) is 2.64. The molecule has 0 amide bonds. The van der Waals surface area contributed by atoms with Gasteiger partial charge in [-0.3, -0.25) is 0 Å². The van der Waals surface area contributed by atoms with E-state index in [2.05, 4.69) is 20.3 Å². The Hall–Kier alpha value is -1.56. The maximum atomic E-state index is 13.0. The average Bonchev–Trinajstić information content (AvgIpc) is 2.63. The number of thiazole rings is 1. The van der Waals surface area contributed by atoms with Crippen LogP contribution in [0.15, 0.2) is 18.6 Å². The van der Waals surface area contributed by atoms with Crippen molar-refractivity contribution in [1.29, 1.82) is 0 Å². The van der Waals surface area contributed by atoms with Crippen molar-refractivity contribution >= 4 is 17.2 Å². The lowest BCUT2D eigenvalue weighted by molar-refractivity contribution is 0.580. The molecule has 0 saturated carbocycles. The Morgan fingerprint density at radius 1 is 1.33 bits per heavy atom. The van der Waals surface area contributed by atoms with Crippen molar-refractivity contribution in [2.24, 2.45) is 0 Å². The van der Waals surface area contributed by atoms with E-state index in [0.29, 0.717) is 6.54 Å². The quantitative estimate of drug-likeness (QED) is 0.866. The molecule has 4 nitrogen and oxygen atoms in total. The molecule has 0 aliphatic rings. The Labute approximate surface area is 90.2 Å². The lowest BCUT2D eigenvalue weighted by Crippen LogP contribution is -2.04. The van der Waals surface area contributed by atoms with Crippen LogP contribution in [0.25, 0.3) is 0 Å². The highest BCUT2D eigenvalue weighted by Gasteiger charge is 2.04. The van der Waals surface area contributed by atoms with Gasteiger partial charge in [-0.25, -0.2) is 15.0 Å². The summed E-state index contributed by atoms with van der Waals surface area (Å²) in [5, 5.41) is 3.74. The average molecular weight is 224 g/mol. The molecular weight excluding hydrogens is 215 g/mol. The number of halogens is 1.